The van der Waals surface area contributed by atoms with Crippen molar-refractivity contribution < 1.29 is 41.3 Å². The lowest BCUT2D eigenvalue weighted by molar-refractivity contribution is -0.153. The first kappa shape index (κ1) is 29.8. The van der Waals surface area contributed by atoms with Crippen LogP contribution in [0.5, 0.6) is 11.6 Å². The van der Waals surface area contributed by atoms with E-state index in [0.29, 0.717) is 27.3 Å². The van der Waals surface area contributed by atoms with Gasteiger partial charge in [0.2, 0.25) is 5.88 Å². The van der Waals surface area contributed by atoms with Gasteiger partial charge in [-0.25, -0.2) is 4.98 Å². The number of hydrogen-bond donors (Lipinski definition) is 2. The molecule has 4 rings (SSSR count). The number of rotatable bonds is 7. The highest BCUT2D eigenvalue weighted by Gasteiger charge is 2.43. The van der Waals surface area contributed by atoms with Gasteiger partial charge in [-0.1, -0.05) is 35.3 Å². The molecule has 0 spiro atoms. The quantitative estimate of drug-likeness (QED) is 0.284. The molecular formula is C27H23Cl2F5N2O4. The molecule has 6 nitrogen and oxygen atoms in total. The van der Waals surface area contributed by atoms with E-state index in [9.17, 15) is 26.7 Å². The highest BCUT2D eigenvalue weighted by molar-refractivity contribution is 6.33. The molecule has 1 amide bonds. The minimum absolute atomic E-state index is 0.0323. The van der Waals surface area contributed by atoms with Crippen molar-refractivity contribution in [3.8, 4) is 34.0 Å². The Morgan fingerprint density at radius 3 is 2.38 bits per heavy atom. The van der Waals surface area contributed by atoms with Gasteiger partial charge in [0.15, 0.2) is 6.61 Å². The first-order valence-corrected chi connectivity index (χ1v) is 12.6. The number of aromatic nitrogens is 1. The molecule has 1 aliphatic heterocycles. The summed E-state index contributed by atoms with van der Waals surface area (Å²) in [7, 11) is 0. The topological polar surface area (TPSA) is 80.7 Å². The first-order chi connectivity index (χ1) is 18.6. The van der Waals surface area contributed by atoms with E-state index in [-0.39, 0.29) is 28.8 Å². The summed E-state index contributed by atoms with van der Waals surface area (Å²) in [6.45, 7) is 0.217. The highest BCUT2D eigenvalue weighted by atomic mass is 35.5. The molecule has 1 aliphatic rings. The van der Waals surface area contributed by atoms with Gasteiger partial charge in [0.25, 0.3) is 5.91 Å². The first-order valence-electron chi connectivity index (χ1n) is 11.9. The number of pyridine rings is 1. The molecule has 2 aromatic carbocycles. The molecule has 40 heavy (non-hydrogen) atoms. The summed E-state index contributed by atoms with van der Waals surface area (Å²) in [5.41, 5.74) is 1.02. The van der Waals surface area contributed by atoms with Gasteiger partial charge >= 0.3 is 12.1 Å². The third-order valence-electron chi connectivity index (χ3n) is 6.05. The van der Waals surface area contributed by atoms with Crippen molar-refractivity contribution in [1.82, 2.24) is 10.3 Å². The average Bonchev–Trinajstić information content (AvgIpc) is 2.86. The maximum absolute atomic E-state index is 13.9. The number of aliphatic hydroxyl groups is 1. The molecule has 2 heterocycles. The van der Waals surface area contributed by atoms with Crippen LogP contribution in [0.3, 0.4) is 0 Å². The van der Waals surface area contributed by atoms with Crippen LogP contribution in [0.25, 0.3) is 22.4 Å². The second-order valence-electron chi connectivity index (χ2n) is 9.79. The predicted molar refractivity (Wildman–Crippen MR) is 139 cm³/mol. The van der Waals surface area contributed by atoms with Gasteiger partial charge in [-0.2, -0.15) is 22.0 Å². The molecule has 214 valence electrons. The lowest BCUT2D eigenvalue weighted by atomic mass is 9.88. The van der Waals surface area contributed by atoms with Gasteiger partial charge in [-0.3, -0.25) is 4.79 Å². The molecule has 2 N–H and O–H groups in total. The summed E-state index contributed by atoms with van der Waals surface area (Å²) in [6.07, 6.45) is -4.43. The van der Waals surface area contributed by atoms with Gasteiger partial charge in [0.05, 0.1) is 16.8 Å². The number of alkyl halides is 5. The number of carbonyl (C=O) groups is 1. The second-order valence-corrected chi connectivity index (χ2v) is 10.6. The van der Waals surface area contributed by atoms with Crippen LogP contribution in [0.15, 0.2) is 48.5 Å². The highest BCUT2D eigenvalue weighted by Crippen LogP contribution is 2.45. The van der Waals surface area contributed by atoms with E-state index >= 15 is 0 Å². The van der Waals surface area contributed by atoms with Crippen molar-refractivity contribution in [3.63, 3.8) is 0 Å². The molecule has 0 fully saturated rings. The molecule has 0 saturated heterocycles. The van der Waals surface area contributed by atoms with Crippen LogP contribution in [0.2, 0.25) is 10.0 Å². The molecular weight excluding hydrogens is 582 g/mol. The van der Waals surface area contributed by atoms with Crippen LogP contribution in [-0.4, -0.2) is 46.9 Å². The molecule has 0 unspecified atom stereocenters. The largest absolute Gasteiger partial charge is 0.484 e. The van der Waals surface area contributed by atoms with Crippen LogP contribution in [-0.2, 0) is 4.79 Å². The van der Waals surface area contributed by atoms with E-state index in [1.54, 1.807) is 44.2 Å². The molecule has 1 aromatic heterocycles. The van der Waals surface area contributed by atoms with Crippen LogP contribution in [0, 0.1) is 0 Å². The molecule has 13 heteroatoms. The van der Waals surface area contributed by atoms with Crippen LogP contribution < -0.4 is 14.8 Å². The molecule has 1 atom stereocenters. The second kappa shape index (κ2) is 11.0. The number of ether oxygens (including phenoxy) is 2. The van der Waals surface area contributed by atoms with Crippen molar-refractivity contribution in [2.45, 2.75) is 44.0 Å². The van der Waals surface area contributed by atoms with Crippen LogP contribution in [0.1, 0.15) is 31.9 Å². The summed E-state index contributed by atoms with van der Waals surface area (Å²) >= 11 is 12.5. The monoisotopic (exact) mass is 604 g/mol. The number of nitrogens with one attached hydrogen (secondary N) is 1. The Bertz CT molecular complexity index is 1420. The Hall–Kier alpha value is -3.15. The Morgan fingerprint density at radius 1 is 1.10 bits per heavy atom. The standard InChI is InChI=1S/C27H23Cl2F5N2O4/c1-25(2)11-21(35-24(38)26(30,31)12-37)19-10-18(14-3-5-15(28)6-4-14)22(36-23(19)40-25)17-8-7-16(9-20(17)29)39-13-27(32,33)34/h3-10,21,37H,11-13H2,1-2H3,(H,35,38)/t21-/m1/s1. The smallest absolute Gasteiger partial charge is 0.422 e. The Labute approximate surface area is 236 Å². The average molecular weight is 605 g/mol. The zero-order valence-electron chi connectivity index (χ0n) is 21.1. The Morgan fingerprint density at radius 2 is 1.77 bits per heavy atom. The van der Waals surface area contributed by atoms with Crippen molar-refractivity contribution in [3.05, 3.63) is 64.1 Å². The molecule has 3 aromatic rings. The minimum Gasteiger partial charge on any atom is -0.484 e. The Kier molecular flexibility index (Phi) is 8.22. The number of hydrogen-bond acceptors (Lipinski definition) is 5. The van der Waals surface area contributed by atoms with Crippen LogP contribution >= 0.6 is 23.2 Å². The van der Waals surface area contributed by atoms with Crippen molar-refractivity contribution >= 4 is 29.1 Å². The fourth-order valence-electron chi connectivity index (χ4n) is 4.21. The van der Waals surface area contributed by atoms with E-state index < -0.39 is 42.9 Å². The zero-order chi connectivity index (χ0) is 29.5. The number of amides is 1. The molecule has 0 aliphatic carbocycles. The lowest BCUT2D eigenvalue weighted by Gasteiger charge is -2.38. The SMILES string of the molecule is CC1(C)C[C@@H](NC(=O)C(F)(F)CO)c2cc(-c3ccc(Cl)cc3)c(-c3ccc(OCC(F)(F)F)cc3Cl)nc2O1. The maximum Gasteiger partial charge on any atom is 0.422 e. The maximum atomic E-state index is 13.9. The van der Waals surface area contributed by atoms with Crippen molar-refractivity contribution in [1.29, 1.82) is 0 Å². The van der Waals surface area contributed by atoms with Gasteiger partial charge in [-0.15, -0.1) is 0 Å². The van der Waals surface area contributed by atoms with E-state index in [1.165, 1.54) is 18.2 Å². The minimum atomic E-state index is -4.54. The molecule has 0 bridgehead atoms. The number of fused-ring (bicyclic) bond motifs is 1. The summed E-state index contributed by atoms with van der Waals surface area (Å²) in [5, 5.41) is 11.7. The summed E-state index contributed by atoms with van der Waals surface area (Å²) < 4.78 is 76.5. The predicted octanol–water partition coefficient (Wildman–Crippen LogP) is 7.01. The molecule has 0 saturated carbocycles. The third-order valence-corrected chi connectivity index (χ3v) is 6.61. The van der Waals surface area contributed by atoms with Crippen molar-refractivity contribution in [2.75, 3.05) is 13.2 Å². The van der Waals surface area contributed by atoms with Gasteiger partial charge in [0, 0.05) is 28.1 Å². The zero-order valence-corrected chi connectivity index (χ0v) is 22.6. The lowest BCUT2D eigenvalue weighted by Crippen LogP contribution is -2.48. The molecule has 0 radical (unpaired) electrons. The van der Waals surface area contributed by atoms with Crippen LogP contribution in [0.4, 0.5) is 22.0 Å². The number of nitrogens with zero attached hydrogens (tertiary/aromatic N) is 1. The summed E-state index contributed by atoms with van der Waals surface area (Å²) in [4.78, 5) is 16.9. The number of carbonyl (C=O) groups excluding carboxylic acids is 1. The van der Waals surface area contributed by atoms with Gasteiger partial charge in [0.1, 0.15) is 18.0 Å². The normalized spacial score (nSPS) is 16.6. The van der Waals surface area contributed by atoms with E-state index in [2.05, 4.69) is 10.3 Å². The number of aliphatic hydroxyl groups excluding tert-OH is 1. The number of halogens is 7. The summed E-state index contributed by atoms with van der Waals surface area (Å²) in [6, 6.07) is 11.2. The van der Waals surface area contributed by atoms with Gasteiger partial charge < -0.3 is 19.9 Å². The fraction of sp³-hybridized carbons (Fsp3) is 0.333. The Balaban J connectivity index is 1.85. The third kappa shape index (κ3) is 6.76. The van der Waals surface area contributed by atoms with E-state index in [0.717, 1.165) is 0 Å². The van der Waals surface area contributed by atoms with E-state index in [1.807, 2.05) is 0 Å². The van der Waals surface area contributed by atoms with Gasteiger partial charge in [-0.05, 0) is 55.8 Å². The summed E-state index contributed by atoms with van der Waals surface area (Å²) in [5.74, 6) is -5.73. The fourth-order valence-corrected chi connectivity index (χ4v) is 4.60. The van der Waals surface area contributed by atoms with E-state index in [4.69, 9.17) is 37.8 Å². The number of benzene rings is 2. The van der Waals surface area contributed by atoms with Crippen molar-refractivity contribution in [2.24, 2.45) is 0 Å².